The Kier molecular flexibility index (Phi) is 2.00. The first-order valence-corrected chi connectivity index (χ1v) is 4.67. The summed E-state index contributed by atoms with van der Waals surface area (Å²) >= 11 is 0. The molecule has 1 heterocycles. The van der Waals surface area contributed by atoms with Crippen LogP contribution in [-0.4, -0.2) is 5.60 Å². The Balaban J connectivity index is 2.39. The summed E-state index contributed by atoms with van der Waals surface area (Å²) in [6, 6.07) is 3.67. The summed E-state index contributed by atoms with van der Waals surface area (Å²) < 4.78 is 42.6. The molecule has 1 aromatic rings. The Morgan fingerprint density at radius 1 is 1.27 bits per heavy atom. The zero-order valence-corrected chi connectivity index (χ0v) is 8.48. The van der Waals surface area contributed by atoms with Gasteiger partial charge in [0.2, 0.25) is 0 Å². The van der Waals surface area contributed by atoms with E-state index in [1.165, 1.54) is 6.07 Å². The number of benzene rings is 1. The van der Waals surface area contributed by atoms with Crippen molar-refractivity contribution in [3.8, 4) is 5.75 Å². The summed E-state index contributed by atoms with van der Waals surface area (Å²) in [6.45, 7) is 3.72. The van der Waals surface area contributed by atoms with E-state index in [1.54, 1.807) is 0 Å². The Hall–Kier alpha value is -1.19. The smallest absolute Gasteiger partial charge is 0.416 e. The number of rotatable bonds is 0. The maximum atomic E-state index is 12.4. The lowest BCUT2D eigenvalue weighted by molar-refractivity contribution is -0.137. The van der Waals surface area contributed by atoms with Crippen LogP contribution in [0.1, 0.15) is 25.0 Å². The molecule has 0 fully saturated rings. The highest BCUT2D eigenvalue weighted by Crippen LogP contribution is 2.39. The first-order chi connectivity index (χ1) is 6.78. The number of ether oxygens (including phenoxy) is 1. The van der Waals surface area contributed by atoms with Gasteiger partial charge in [0.25, 0.3) is 0 Å². The van der Waals surface area contributed by atoms with Gasteiger partial charge in [-0.15, -0.1) is 0 Å². The Morgan fingerprint density at radius 3 is 2.53 bits per heavy atom. The van der Waals surface area contributed by atoms with Crippen molar-refractivity contribution in [2.24, 2.45) is 0 Å². The number of hydrogen-bond donors (Lipinski definition) is 0. The molecule has 1 aliphatic rings. The van der Waals surface area contributed by atoms with Crippen LogP contribution in [0.15, 0.2) is 18.2 Å². The van der Waals surface area contributed by atoms with Crippen LogP contribution >= 0.6 is 0 Å². The Labute approximate surface area is 85.9 Å². The maximum absolute atomic E-state index is 12.4. The van der Waals surface area contributed by atoms with Crippen LogP contribution in [0.5, 0.6) is 5.75 Å². The van der Waals surface area contributed by atoms with Crippen LogP contribution in [0.4, 0.5) is 13.2 Å². The van der Waals surface area contributed by atoms with Gasteiger partial charge >= 0.3 is 6.18 Å². The molecule has 0 spiro atoms. The molecule has 2 rings (SSSR count). The average molecular weight is 216 g/mol. The molecule has 1 aliphatic heterocycles. The van der Waals surface area contributed by atoms with Crippen LogP contribution < -0.4 is 4.74 Å². The molecule has 15 heavy (non-hydrogen) atoms. The molecular weight excluding hydrogens is 205 g/mol. The largest absolute Gasteiger partial charge is 0.487 e. The third-order valence-electron chi connectivity index (χ3n) is 2.40. The van der Waals surface area contributed by atoms with Gasteiger partial charge in [-0.25, -0.2) is 0 Å². The van der Waals surface area contributed by atoms with E-state index in [-0.39, 0.29) is 0 Å². The summed E-state index contributed by atoms with van der Waals surface area (Å²) in [7, 11) is 0. The zero-order valence-electron chi connectivity index (χ0n) is 8.48. The summed E-state index contributed by atoms with van der Waals surface area (Å²) in [5.74, 6) is 0.356. The van der Waals surface area contributed by atoms with Crippen molar-refractivity contribution >= 4 is 0 Å². The van der Waals surface area contributed by atoms with Crippen molar-refractivity contribution in [2.75, 3.05) is 0 Å². The molecule has 4 heteroatoms. The van der Waals surface area contributed by atoms with E-state index >= 15 is 0 Å². The molecule has 0 radical (unpaired) electrons. The lowest BCUT2D eigenvalue weighted by Crippen LogP contribution is -2.24. The minimum atomic E-state index is -4.30. The van der Waals surface area contributed by atoms with Crippen molar-refractivity contribution in [2.45, 2.75) is 32.0 Å². The maximum Gasteiger partial charge on any atom is 0.416 e. The molecule has 0 saturated heterocycles. The molecular formula is C11H11F3O. The lowest BCUT2D eigenvalue weighted by atomic mass is 10.0. The predicted octanol–water partition coefficient (Wildman–Crippen LogP) is 3.42. The van der Waals surface area contributed by atoms with Crippen molar-refractivity contribution in [3.63, 3.8) is 0 Å². The van der Waals surface area contributed by atoms with Gasteiger partial charge in [-0.2, -0.15) is 13.2 Å². The fourth-order valence-electron chi connectivity index (χ4n) is 1.76. The summed E-state index contributed by atoms with van der Waals surface area (Å²) in [5.41, 5.74) is -0.209. The van der Waals surface area contributed by atoms with Gasteiger partial charge in [-0.1, -0.05) is 6.07 Å². The van der Waals surface area contributed by atoms with Crippen LogP contribution in [0.3, 0.4) is 0 Å². The summed E-state index contributed by atoms with van der Waals surface area (Å²) in [6.07, 6.45) is -3.65. The molecule has 0 unspecified atom stereocenters. The summed E-state index contributed by atoms with van der Waals surface area (Å²) in [4.78, 5) is 0. The third-order valence-corrected chi connectivity index (χ3v) is 2.40. The minimum absolute atomic E-state index is 0.356. The normalized spacial score (nSPS) is 18.5. The molecule has 0 atom stereocenters. The topological polar surface area (TPSA) is 9.23 Å². The number of halogens is 3. The highest BCUT2D eigenvalue weighted by Gasteiger charge is 2.35. The van der Waals surface area contributed by atoms with Crippen molar-refractivity contribution < 1.29 is 17.9 Å². The second-order valence-corrected chi connectivity index (χ2v) is 4.36. The molecule has 0 saturated carbocycles. The highest BCUT2D eigenvalue weighted by atomic mass is 19.4. The summed E-state index contributed by atoms with van der Waals surface area (Å²) in [5, 5.41) is 0. The number of fused-ring (bicyclic) bond motifs is 1. The predicted molar refractivity (Wildman–Crippen MR) is 49.9 cm³/mol. The zero-order chi connectivity index (χ0) is 11.3. The average Bonchev–Trinajstić information content (AvgIpc) is 2.34. The van der Waals surface area contributed by atoms with E-state index in [4.69, 9.17) is 4.74 Å². The Morgan fingerprint density at radius 2 is 1.93 bits per heavy atom. The quantitative estimate of drug-likeness (QED) is 0.645. The van der Waals surface area contributed by atoms with E-state index in [2.05, 4.69) is 0 Å². The monoisotopic (exact) mass is 216 g/mol. The second-order valence-electron chi connectivity index (χ2n) is 4.36. The molecule has 1 nitrogen and oxygen atoms in total. The molecule has 0 aliphatic carbocycles. The molecule has 82 valence electrons. The number of alkyl halides is 3. The van der Waals surface area contributed by atoms with E-state index in [1.807, 2.05) is 13.8 Å². The lowest BCUT2D eigenvalue weighted by Gasteiger charge is -2.17. The van der Waals surface area contributed by atoms with Crippen LogP contribution in [0.2, 0.25) is 0 Å². The highest BCUT2D eigenvalue weighted by molar-refractivity contribution is 5.42. The van der Waals surface area contributed by atoms with E-state index in [9.17, 15) is 13.2 Å². The van der Waals surface area contributed by atoms with Crippen LogP contribution in [0, 0.1) is 0 Å². The van der Waals surface area contributed by atoms with Gasteiger partial charge in [-0.05, 0) is 31.5 Å². The first-order valence-electron chi connectivity index (χ1n) is 4.67. The Bertz CT molecular complexity index is 393. The number of hydrogen-bond acceptors (Lipinski definition) is 1. The second kappa shape index (κ2) is 2.90. The van der Waals surface area contributed by atoms with Gasteiger partial charge < -0.3 is 4.74 Å². The van der Waals surface area contributed by atoms with Crippen molar-refractivity contribution in [1.29, 1.82) is 0 Å². The van der Waals surface area contributed by atoms with Crippen molar-refractivity contribution in [3.05, 3.63) is 29.3 Å². The van der Waals surface area contributed by atoms with Crippen molar-refractivity contribution in [1.82, 2.24) is 0 Å². The fourth-order valence-corrected chi connectivity index (χ4v) is 1.76. The van der Waals surface area contributed by atoms with Crippen LogP contribution in [-0.2, 0) is 12.6 Å². The van der Waals surface area contributed by atoms with E-state index in [0.29, 0.717) is 12.2 Å². The van der Waals surface area contributed by atoms with Gasteiger partial charge in [0.05, 0.1) is 5.56 Å². The van der Waals surface area contributed by atoms with Gasteiger partial charge in [0.1, 0.15) is 11.4 Å². The molecule has 1 aromatic carbocycles. The SMILES string of the molecule is CC1(C)Cc2ccc(C(F)(F)F)cc2O1. The fraction of sp³-hybridized carbons (Fsp3) is 0.455. The molecule has 0 aromatic heterocycles. The first kappa shape index (κ1) is 10.3. The standard InChI is InChI=1S/C11H11F3O/c1-10(2)6-7-3-4-8(11(12,13)14)5-9(7)15-10/h3-5H,6H2,1-2H3. The van der Waals surface area contributed by atoms with Gasteiger partial charge in [0.15, 0.2) is 0 Å². The van der Waals surface area contributed by atoms with Gasteiger partial charge in [-0.3, -0.25) is 0 Å². The molecule has 0 bridgehead atoms. The third kappa shape index (κ3) is 1.94. The van der Waals surface area contributed by atoms with Gasteiger partial charge in [0, 0.05) is 6.42 Å². The van der Waals surface area contributed by atoms with E-state index < -0.39 is 17.3 Å². The van der Waals surface area contributed by atoms with E-state index in [0.717, 1.165) is 17.7 Å². The molecule has 0 N–H and O–H groups in total. The minimum Gasteiger partial charge on any atom is -0.487 e. The molecule has 0 amide bonds. The van der Waals surface area contributed by atoms with Crippen LogP contribution in [0.25, 0.3) is 0 Å².